The number of carbonyl (C=O) groups is 1. The van der Waals surface area contributed by atoms with E-state index in [1.165, 1.54) is 12.7 Å². The van der Waals surface area contributed by atoms with E-state index < -0.39 is 8.24 Å². The third-order valence-corrected chi connectivity index (χ3v) is 10.4. The highest BCUT2D eigenvalue weighted by Crippen LogP contribution is 2.46. The van der Waals surface area contributed by atoms with Crippen LogP contribution in [0, 0.1) is 5.92 Å². The van der Waals surface area contributed by atoms with Crippen molar-refractivity contribution in [1.82, 2.24) is 0 Å². The van der Waals surface area contributed by atoms with Crippen LogP contribution in [0.2, 0.25) is 18.1 Å². The molecule has 4 nitrogen and oxygen atoms in total. The van der Waals surface area contributed by atoms with Gasteiger partial charge in [-0.2, -0.15) is 0 Å². The molecule has 1 aliphatic rings. The van der Waals surface area contributed by atoms with E-state index >= 15 is 0 Å². The number of oxime groups is 1. The standard InChI is InChI=1S/C19H30N2O2Si/c1-13(2)12-14-10-9-11-15-16(20-23-6)18(22)21(17(14)15)24(7,8)19(3,4)5/h9-11,13H,12H2,1-8H3/b20-16-. The van der Waals surface area contributed by atoms with Gasteiger partial charge in [0, 0.05) is 11.3 Å². The maximum absolute atomic E-state index is 13.2. The highest BCUT2D eigenvalue weighted by Gasteiger charge is 2.50. The fourth-order valence-corrected chi connectivity index (χ4v) is 5.13. The van der Waals surface area contributed by atoms with E-state index in [1.807, 2.05) is 12.1 Å². The molecule has 0 saturated carbocycles. The van der Waals surface area contributed by atoms with Crippen LogP contribution in [0.4, 0.5) is 5.69 Å². The Morgan fingerprint density at radius 2 is 1.88 bits per heavy atom. The summed E-state index contributed by atoms with van der Waals surface area (Å²) in [7, 11) is -0.599. The second kappa shape index (κ2) is 6.35. The molecule has 1 aliphatic heterocycles. The van der Waals surface area contributed by atoms with Crippen molar-refractivity contribution < 1.29 is 9.63 Å². The van der Waals surface area contributed by atoms with Gasteiger partial charge in [-0.3, -0.25) is 4.79 Å². The van der Waals surface area contributed by atoms with Crippen molar-refractivity contribution in [2.45, 2.75) is 59.2 Å². The van der Waals surface area contributed by atoms with Crippen LogP contribution in [0.3, 0.4) is 0 Å². The van der Waals surface area contributed by atoms with Gasteiger partial charge in [-0.1, -0.05) is 71.1 Å². The van der Waals surface area contributed by atoms with Crippen molar-refractivity contribution >= 4 is 25.5 Å². The third kappa shape index (κ3) is 3.01. The number of hydrogen-bond donors (Lipinski definition) is 0. The zero-order valence-electron chi connectivity index (χ0n) is 16.2. The second-order valence-corrected chi connectivity index (χ2v) is 13.5. The lowest BCUT2D eigenvalue weighted by atomic mass is 9.98. The Morgan fingerprint density at radius 1 is 1.25 bits per heavy atom. The summed E-state index contributed by atoms with van der Waals surface area (Å²) in [6.07, 6.45) is 0.946. The topological polar surface area (TPSA) is 41.9 Å². The minimum Gasteiger partial charge on any atom is -0.398 e. The first-order chi connectivity index (χ1) is 11.0. The predicted molar refractivity (Wildman–Crippen MR) is 103 cm³/mol. The van der Waals surface area contributed by atoms with Crippen molar-refractivity contribution in [3.8, 4) is 0 Å². The van der Waals surface area contributed by atoms with Crippen LogP contribution in [-0.4, -0.2) is 27.0 Å². The number of hydrogen-bond acceptors (Lipinski definition) is 3. The second-order valence-electron chi connectivity index (χ2n) is 8.48. The van der Waals surface area contributed by atoms with Crippen molar-refractivity contribution in [3.63, 3.8) is 0 Å². The Bertz CT molecular complexity index is 672. The van der Waals surface area contributed by atoms with Gasteiger partial charge < -0.3 is 9.40 Å². The zero-order chi connectivity index (χ0) is 18.3. The van der Waals surface area contributed by atoms with Gasteiger partial charge in [0.25, 0.3) is 5.91 Å². The quantitative estimate of drug-likeness (QED) is 0.591. The molecule has 0 unspecified atom stereocenters. The highest BCUT2D eigenvalue weighted by molar-refractivity contribution is 6.90. The number of rotatable bonds is 4. The highest BCUT2D eigenvalue weighted by atomic mass is 28.3. The maximum atomic E-state index is 13.2. The third-order valence-electron chi connectivity index (χ3n) is 5.21. The molecule has 24 heavy (non-hydrogen) atoms. The number of carbonyl (C=O) groups excluding carboxylic acids is 1. The van der Waals surface area contributed by atoms with E-state index in [-0.39, 0.29) is 10.9 Å². The van der Waals surface area contributed by atoms with Crippen molar-refractivity contribution in [2.75, 3.05) is 11.7 Å². The largest absolute Gasteiger partial charge is 0.398 e. The van der Waals surface area contributed by atoms with Gasteiger partial charge in [0.15, 0.2) is 13.9 Å². The normalized spacial score (nSPS) is 17.0. The summed E-state index contributed by atoms with van der Waals surface area (Å²) < 4.78 is 2.07. The molecule has 2 rings (SSSR count). The summed E-state index contributed by atoms with van der Waals surface area (Å²) in [4.78, 5) is 18.2. The summed E-state index contributed by atoms with van der Waals surface area (Å²) in [6.45, 7) is 15.6. The number of amides is 1. The van der Waals surface area contributed by atoms with E-state index in [1.54, 1.807) is 0 Å². The lowest BCUT2D eigenvalue weighted by molar-refractivity contribution is -0.111. The molecule has 0 saturated heterocycles. The van der Waals surface area contributed by atoms with Gasteiger partial charge in [0.05, 0.1) is 0 Å². The van der Waals surface area contributed by atoms with Crippen LogP contribution in [0.5, 0.6) is 0 Å². The van der Waals surface area contributed by atoms with Gasteiger partial charge in [-0.05, 0) is 22.9 Å². The van der Waals surface area contributed by atoms with Gasteiger partial charge >= 0.3 is 0 Å². The van der Waals surface area contributed by atoms with Crippen LogP contribution in [0.1, 0.15) is 45.7 Å². The first-order valence-corrected chi connectivity index (χ1v) is 11.5. The minimum absolute atomic E-state index is 0.0188. The Kier molecular flexibility index (Phi) is 4.95. The molecule has 1 heterocycles. The van der Waals surface area contributed by atoms with Crippen molar-refractivity contribution in [2.24, 2.45) is 11.1 Å². The van der Waals surface area contributed by atoms with Crippen LogP contribution >= 0.6 is 0 Å². The summed E-state index contributed by atoms with van der Waals surface area (Å²) in [5.41, 5.74) is 3.62. The van der Waals surface area contributed by atoms with Gasteiger partial charge in [-0.25, -0.2) is 0 Å². The smallest absolute Gasteiger partial charge is 0.273 e. The monoisotopic (exact) mass is 346 g/mol. The Morgan fingerprint density at radius 3 is 2.38 bits per heavy atom. The molecule has 0 spiro atoms. The fraction of sp³-hybridized carbons (Fsp3) is 0.579. The van der Waals surface area contributed by atoms with E-state index in [0.29, 0.717) is 11.6 Å². The molecule has 0 aliphatic carbocycles. The molecular formula is C19H30N2O2Si. The van der Waals surface area contributed by atoms with E-state index in [9.17, 15) is 4.79 Å². The molecule has 0 bridgehead atoms. The summed E-state index contributed by atoms with van der Waals surface area (Å²) >= 11 is 0. The fourth-order valence-electron chi connectivity index (χ4n) is 3.02. The van der Waals surface area contributed by atoms with Crippen LogP contribution < -0.4 is 4.57 Å². The average Bonchev–Trinajstić information content (AvgIpc) is 2.72. The molecule has 132 valence electrons. The van der Waals surface area contributed by atoms with E-state index in [4.69, 9.17) is 4.84 Å². The summed E-state index contributed by atoms with van der Waals surface area (Å²) in [5, 5.41) is 4.11. The van der Waals surface area contributed by atoms with E-state index in [0.717, 1.165) is 17.7 Å². The molecule has 1 amide bonds. The molecule has 0 N–H and O–H groups in total. The summed E-state index contributed by atoms with van der Waals surface area (Å²) in [6, 6.07) is 6.15. The summed E-state index contributed by atoms with van der Waals surface area (Å²) in [5.74, 6) is 0.505. The Labute approximate surface area is 147 Å². The average molecular weight is 347 g/mol. The van der Waals surface area contributed by atoms with Crippen molar-refractivity contribution in [1.29, 1.82) is 0 Å². The molecule has 5 heteroatoms. The molecule has 0 fully saturated rings. The molecule has 0 aromatic heterocycles. The number of para-hydroxylation sites is 1. The molecule has 0 radical (unpaired) electrons. The van der Waals surface area contributed by atoms with Crippen LogP contribution in [0.15, 0.2) is 23.4 Å². The molecule has 1 aromatic rings. The molecular weight excluding hydrogens is 316 g/mol. The number of anilines is 1. The number of benzene rings is 1. The van der Waals surface area contributed by atoms with Crippen LogP contribution in [0.25, 0.3) is 0 Å². The van der Waals surface area contributed by atoms with E-state index in [2.05, 4.69) is 63.5 Å². The predicted octanol–water partition coefficient (Wildman–Crippen LogP) is 4.59. The molecule has 0 atom stereocenters. The Hall–Kier alpha value is -1.62. The zero-order valence-corrected chi connectivity index (χ0v) is 17.2. The SMILES string of the molecule is CO/N=C1\C(=O)N([Si](C)(C)C(C)(C)C)c2c(CC(C)C)cccc21. The first-order valence-electron chi connectivity index (χ1n) is 8.60. The first kappa shape index (κ1) is 18.7. The molecule has 1 aromatic carbocycles. The maximum Gasteiger partial charge on any atom is 0.273 e. The lowest BCUT2D eigenvalue weighted by Crippen LogP contribution is -2.57. The number of fused-ring (bicyclic) bond motifs is 1. The number of nitrogens with zero attached hydrogens (tertiary/aromatic N) is 2. The minimum atomic E-state index is -2.09. The van der Waals surface area contributed by atoms with Gasteiger partial charge in [0.1, 0.15) is 7.11 Å². The van der Waals surface area contributed by atoms with Gasteiger partial charge in [-0.15, -0.1) is 0 Å². The Balaban J connectivity index is 2.73. The van der Waals surface area contributed by atoms with Gasteiger partial charge in [0.2, 0.25) is 0 Å². The van der Waals surface area contributed by atoms with Crippen LogP contribution in [-0.2, 0) is 16.1 Å². The lowest BCUT2D eigenvalue weighted by Gasteiger charge is -2.44. The van der Waals surface area contributed by atoms with Crippen molar-refractivity contribution in [3.05, 3.63) is 29.3 Å².